The molecular weight excluding hydrogens is 424 g/mol. The van der Waals surface area contributed by atoms with Crippen LogP contribution in [0.1, 0.15) is 31.0 Å². The lowest BCUT2D eigenvalue weighted by Gasteiger charge is -2.18. The van der Waals surface area contributed by atoms with Crippen LogP contribution in [0.2, 0.25) is 0 Å². The fraction of sp³-hybridized carbons (Fsp3) is 0.588. The van der Waals surface area contributed by atoms with Crippen molar-refractivity contribution in [3.05, 3.63) is 35.1 Å². The SMILES string of the molecule is CCNC(=NCCOCCOC)NC(C)c1ccc(C)c(F)c1.I. The first kappa shape index (κ1) is 23.1. The normalized spacial score (nSPS) is 12.5. The van der Waals surface area contributed by atoms with Gasteiger partial charge in [0, 0.05) is 13.7 Å². The van der Waals surface area contributed by atoms with Crippen molar-refractivity contribution in [2.75, 3.05) is 40.0 Å². The van der Waals surface area contributed by atoms with Gasteiger partial charge in [0.15, 0.2) is 5.96 Å². The van der Waals surface area contributed by atoms with Gasteiger partial charge in [-0.05, 0) is 38.0 Å². The number of aryl methyl sites for hydroxylation is 1. The molecule has 0 fully saturated rings. The highest BCUT2D eigenvalue weighted by Gasteiger charge is 2.09. The quantitative estimate of drug-likeness (QED) is 0.261. The van der Waals surface area contributed by atoms with Crippen LogP contribution in [0.3, 0.4) is 0 Å². The van der Waals surface area contributed by atoms with Crippen LogP contribution in [0.4, 0.5) is 4.39 Å². The molecule has 0 bridgehead atoms. The fourth-order valence-corrected chi connectivity index (χ4v) is 1.95. The standard InChI is InChI=1S/C17H28FN3O2.HI/c1-5-19-17(20-8-9-23-11-10-22-4)21-14(3)15-7-6-13(2)16(18)12-15;/h6-7,12,14H,5,8-11H2,1-4H3,(H2,19,20,21);1H. The van der Waals surface area contributed by atoms with E-state index in [1.54, 1.807) is 26.2 Å². The maximum atomic E-state index is 13.7. The molecule has 1 atom stereocenters. The first-order chi connectivity index (χ1) is 11.1. The van der Waals surface area contributed by atoms with Gasteiger partial charge in [0.1, 0.15) is 5.82 Å². The molecule has 138 valence electrons. The number of aliphatic imine (C=N–C) groups is 1. The van der Waals surface area contributed by atoms with Gasteiger partial charge in [-0.2, -0.15) is 0 Å². The first-order valence-corrected chi connectivity index (χ1v) is 7.96. The van der Waals surface area contributed by atoms with Crippen molar-refractivity contribution >= 4 is 29.9 Å². The average molecular weight is 453 g/mol. The number of benzene rings is 1. The predicted molar refractivity (Wildman–Crippen MR) is 107 cm³/mol. The predicted octanol–water partition coefficient (Wildman–Crippen LogP) is 3.03. The number of hydrogen-bond acceptors (Lipinski definition) is 3. The van der Waals surface area contributed by atoms with Crippen molar-refractivity contribution in [2.45, 2.75) is 26.8 Å². The van der Waals surface area contributed by atoms with Crippen LogP contribution in [0, 0.1) is 12.7 Å². The van der Waals surface area contributed by atoms with Crippen LogP contribution in [0.15, 0.2) is 23.2 Å². The summed E-state index contributed by atoms with van der Waals surface area (Å²) in [4.78, 5) is 4.45. The molecule has 1 rings (SSSR count). The maximum absolute atomic E-state index is 13.7. The molecule has 0 saturated heterocycles. The molecule has 0 aliphatic heterocycles. The molecule has 0 amide bonds. The van der Waals surface area contributed by atoms with Crippen LogP contribution in [-0.2, 0) is 9.47 Å². The molecule has 1 aromatic carbocycles. The number of hydrogen-bond donors (Lipinski definition) is 2. The summed E-state index contributed by atoms with van der Waals surface area (Å²) in [7, 11) is 1.64. The Labute approximate surface area is 161 Å². The summed E-state index contributed by atoms with van der Waals surface area (Å²) in [5, 5.41) is 6.45. The Bertz CT molecular complexity index is 501. The second-order valence-electron chi connectivity index (χ2n) is 5.24. The molecule has 5 nitrogen and oxygen atoms in total. The molecule has 2 N–H and O–H groups in total. The van der Waals surface area contributed by atoms with Crippen molar-refractivity contribution in [3.8, 4) is 0 Å². The summed E-state index contributed by atoms with van der Waals surface area (Å²) in [6.07, 6.45) is 0. The number of methoxy groups -OCH3 is 1. The van der Waals surface area contributed by atoms with E-state index in [0.717, 1.165) is 12.1 Å². The van der Waals surface area contributed by atoms with Crippen LogP contribution in [0.25, 0.3) is 0 Å². The molecular formula is C17H29FIN3O2. The first-order valence-electron chi connectivity index (χ1n) is 7.96. The minimum absolute atomic E-state index is 0. The Balaban J connectivity index is 0.00000529. The number of rotatable bonds is 9. The van der Waals surface area contributed by atoms with Gasteiger partial charge >= 0.3 is 0 Å². The van der Waals surface area contributed by atoms with Crippen LogP contribution >= 0.6 is 24.0 Å². The van der Waals surface area contributed by atoms with Gasteiger partial charge in [0.25, 0.3) is 0 Å². The van der Waals surface area contributed by atoms with Crippen molar-refractivity contribution < 1.29 is 13.9 Å². The van der Waals surface area contributed by atoms with Gasteiger partial charge in [-0.15, -0.1) is 24.0 Å². The molecule has 24 heavy (non-hydrogen) atoms. The van der Waals surface area contributed by atoms with Gasteiger partial charge in [0.2, 0.25) is 0 Å². The molecule has 0 aliphatic carbocycles. The fourth-order valence-electron chi connectivity index (χ4n) is 1.95. The summed E-state index contributed by atoms with van der Waals surface area (Å²) in [5.74, 6) is 0.501. The lowest BCUT2D eigenvalue weighted by Crippen LogP contribution is -2.39. The van der Waals surface area contributed by atoms with E-state index in [9.17, 15) is 4.39 Å². The van der Waals surface area contributed by atoms with E-state index in [0.29, 0.717) is 37.9 Å². The maximum Gasteiger partial charge on any atom is 0.191 e. The number of guanidine groups is 1. The second-order valence-corrected chi connectivity index (χ2v) is 5.24. The molecule has 0 heterocycles. The van der Waals surface area contributed by atoms with E-state index in [-0.39, 0.29) is 35.8 Å². The second kappa shape index (κ2) is 13.4. The van der Waals surface area contributed by atoms with E-state index >= 15 is 0 Å². The molecule has 0 aromatic heterocycles. The smallest absolute Gasteiger partial charge is 0.191 e. The van der Waals surface area contributed by atoms with Crippen molar-refractivity contribution in [2.24, 2.45) is 4.99 Å². The minimum atomic E-state index is -0.190. The van der Waals surface area contributed by atoms with Crippen molar-refractivity contribution in [1.29, 1.82) is 0 Å². The minimum Gasteiger partial charge on any atom is -0.382 e. The highest BCUT2D eigenvalue weighted by molar-refractivity contribution is 14.0. The highest BCUT2D eigenvalue weighted by atomic mass is 127. The number of halogens is 2. The molecule has 7 heteroatoms. The monoisotopic (exact) mass is 453 g/mol. The Hall–Kier alpha value is -0.930. The summed E-state index contributed by atoms with van der Waals surface area (Å²) in [5.41, 5.74) is 1.53. The van der Waals surface area contributed by atoms with E-state index in [2.05, 4.69) is 15.6 Å². The Morgan fingerprint density at radius 2 is 2.04 bits per heavy atom. The van der Waals surface area contributed by atoms with Crippen LogP contribution < -0.4 is 10.6 Å². The average Bonchev–Trinajstić information content (AvgIpc) is 2.53. The lowest BCUT2D eigenvalue weighted by atomic mass is 10.1. The van der Waals surface area contributed by atoms with Gasteiger partial charge < -0.3 is 20.1 Å². The summed E-state index contributed by atoms with van der Waals surface area (Å²) < 4.78 is 24.0. The third kappa shape index (κ3) is 8.79. The van der Waals surface area contributed by atoms with Gasteiger partial charge in [0.05, 0.1) is 32.4 Å². The van der Waals surface area contributed by atoms with Gasteiger partial charge in [-0.3, -0.25) is 4.99 Å². The molecule has 0 aliphatic rings. The van der Waals surface area contributed by atoms with E-state index in [4.69, 9.17) is 9.47 Å². The van der Waals surface area contributed by atoms with Crippen LogP contribution in [-0.4, -0.2) is 46.0 Å². The van der Waals surface area contributed by atoms with Crippen molar-refractivity contribution in [3.63, 3.8) is 0 Å². The number of nitrogens with one attached hydrogen (secondary N) is 2. The van der Waals surface area contributed by atoms with E-state index in [1.807, 2.05) is 19.9 Å². The zero-order valence-electron chi connectivity index (χ0n) is 14.9. The molecule has 0 spiro atoms. The molecule has 1 unspecified atom stereocenters. The third-order valence-corrected chi connectivity index (χ3v) is 3.33. The third-order valence-electron chi connectivity index (χ3n) is 3.33. The number of nitrogens with zero attached hydrogens (tertiary/aromatic N) is 1. The van der Waals surface area contributed by atoms with Gasteiger partial charge in [-0.25, -0.2) is 4.39 Å². The Kier molecular flexibility index (Phi) is 12.9. The van der Waals surface area contributed by atoms with Gasteiger partial charge in [-0.1, -0.05) is 12.1 Å². The zero-order valence-corrected chi connectivity index (χ0v) is 17.2. The topological polar surface area (TPSA) is 54.9 Å². The summed E-state index contributed by atoms with van der Waals surface area (Å²) >= 11 is 0. The summed E-state index contributed by atoms with van der Waals surface area (Å²) in [6, 6.07) is 5.23. The lowest BCUT2D eigenvalue weighted by molar-refractivity contribution is 0.0748. The Morgan fingerprint density at radius 1 is 1.29 bits per heavy atom. The van der Waals surface area contributed by atoms with Crippen LogP contribution in [0.5, 0.6) is 0 Å². The zero-order chi connectivity index (χ0) is 17.1. The molecule has 1 aromatic rings. The Morgan fingerprint density at radius 3 is 2.67 bits per heavy atom. The number of ether oxygens (including phenoxy) is 2. The molecule has 0 radical (unpaired) electrons. The largest absolute Gasteiger partial charge is 0.382 e. The molecule has 0 saturated carbocycles. The van der Waals surface area contributed by atoms with E-state index < -0.39 is 0 Å². The van der Waals surface area contributed by atoms with Crippen molar-refractivity contribution in [1.82, 2.24) is 10.6 Å². The summed E-state index contributed by atoms with van der Waals surface area (Å²) in [6.45, 7) is 8.72. The van der Waals surface area contributed by atoms with E-state index in [1.165, 1.54) is 0 Å². The highest BCUT2D eigenvalue weighted by Crippen LogP contribution is 2.16.